The second-order valence-corrected chi connectivity index (χ2v) is 5.69. The predicted octanol–water partition coefficient (Wildman–Crippen LogP) is 2.99. The second kappa shape index (κ2) is 6.58. The first-order chi connectivity index (χ1) is 8.89. The maximum absolute atomic E-state index is 8.96. The summed E-state index contributed by atoms with van der Waals surface area (Å²) in [6.07, 6.45) is 0.913. The number of hydrogen-bond acceptors (Lipinski definition) is 3. The maximum Gasteiger partial charge on any atom is 0.122 e. The van der Waals surface area contributed by atoms with Gasteiger partial charge in [0.15, 0.2) is 0 Å². The summed E-state index contributed by atoms with van der Waals surface area (Å²) in [6.45, 7) is 9.63. The summed E-state index contributed by atoms with van der Waals surface area (Å²) in [5.74, 6) is 0.957. The van der Waals surface area contributed by atoms with Gasteiger partial charge < -0.3 is 10.1 Å². The fourth-order valence-corrected chi connectivity index (χ4v) is 2.11. The molecule has 0 aliphatic heterocycles. The summed E-state index contributed by atoms with van der Waals surface area (Å²) >= 11 is 0. The fourth-order valence-electron chi connectivity index (χ4n) is 2.11. The van der Waals surface area contributed by atoms with Gasteiger partial charge in [0.1, 0.15) is 5.75 Å². The average Bonchev–Trinajstić information content (AvgIpc) is 2.35. The van der Waals surface area contributed by atoms with Crippen LogP contribution >= 0.6 is 0 Å². The molecule has 19 heavy (non-hydrogen) atoms. The molecule has 0 saturated heterocycles. The van der Waals surface area contributed by atoms with Crippen molar-refractivity contribution in [2.75, 3.05) is 20.2 Å². The van der Waals surface area contributed by atoms with Gasteiger partial charge >= 0.3 is 0 Å². The third-order valence-electron chi connectivity index (χ3n) is 3.22. The van der Waals surface area contributed by atoms with Crippen LogP contribution in [0.25, 0.3) is 0 Å². The number of nitrogens with one attached hydrogen (secondary N) is 1. The molecule has 3 nitrogen and oxygen atoms in total. The highest BCUT2D eigenvalue weighted by Crippen LogP contribution is 2.24. The summed E-state index contributed by atoms with van der Waals surface area (Å²) in [5, 5.41) is 12.3. The zero-order valence-corrected chi connectivity index (χ0v) is 12.6. The first kappa shape index (κ1) is 15.5. The molecule has 1 N–H and O–H groups in total. The number of nitriles is 1. The largest absolute Gasteiger partial charge is 0.496 e. The third-order valence-corrected chi connectivity index (χ3v) is 3.22. The highest BCUT2D eigenvalue weighted by Gasteiger charge is 2.15. The average molecular weight is 260 g/mol. The highest BCUT2D eigenvalue weighted by molar-refractivity contribution is 5.43. The van der Waals surface area contributed by atoms with Gasteiger partial charge in [-0.25, -0.2) is 0 Å². The van der Waals surface area contributed by atoms with E-state index in [1.807, 2.05) is 13.8 Å². The lowest BCUT2D eigenvalue weighted by molar-refractivity contribution is 0.406. The lowest BCUT2D eigenvalue weighted by Gasteiger charge is -2.17. The van der Waals surface area contributed by atoms with Crippen LogP contribution < -0.4 is 10.1 Å². The summed E-state index contributed by atoms with van der Waals surface area (Å²) in [4.78, 5) is 0. The van der Waals surface area contributed by atoms with Gasteiger partial charge in [0.25, 0.3) is 0 Å². The zero-order valence-electron chi connectivity index (χ0n) is 12.6. The molecule has 0 aromatic heterocycles. The Labute approximate surface area is 116 Å². The Morgan fingerprint density at radius 3 is 2.58 bits per heavy atom. The van der Waals surface area contributed by atoms with Gasteiger partial charge in [0, 0.05) is 6.54 Å². The number of ether oxygens (including phenoxy) is 1. The Hall–Kier alpha value is -1.53. The maximum atomic E-state index is 8.96. The van der Waals surface area contributed by atoms with Crippen LogP contribution in [0.3, 0.4) is 0 Å². The lowest BCUT2D eigenvalue weighted by atomic mass is 9.96. The van der Waals surface area contributed by atoms with Gasteiger partial charge in [0.2, 0.25) is 0 Å². The molecule has 1 aromatic carbocycles. The van der Waals surface area contributed by atoms with Crippen LogP contribution in [0.15, 0.2) is 12.1 Å². The van der Waals surface area contributed by atoms with E-state index < -0.39 is 0 Å². The predicted molar refractivity (Wildman–Crippen MR) is 78.4 cm³/mol. The van der Waals surface area contributed by atoms with Crippen molar-refractivity contribution >= 4 is 0 Å². The van der Waals surface area contributed by atoms with E-state index in [1.54, 1.807) is 7.11 Å². The van der Waals surface area contributed by atoms with Crippen LogP contribution in [-0.2, 0) is 6.42 Å². The van der Waals surface area contributed by atoms with E-state index in [-0.39, 0.29) is 5.41 Å². The van der Waals surface area contributed by atoms with Crippen LogP contribution in [-0.4, -0.2) is 20.2 Å². The van der Waals surface area contributed by atoms with Crippen molar-refractivity contribution in [2.45, 2.75) is 34.1 Å². The Balaban J connectivity index is 2.62. The molecule has 3 heteroatoms. The summed E-state index contributed by atoms with van der Waals surface area (Å²) in [5.41, 5.74) is 3.41. The van der Waals surface area contributed by atoms with E-state index in [2.05, 4.69) is 37.4 Å². The van der Waals surface area contributed by atoms with Crippen molar-refractivity contribution in [3.63, 3.8) is 0 Å². The van der Waals surface area contributed by atoms with E-state index in [0.29, 0.717) is 6.54 Å². The molecule has 0 unspecified atom stereocenters. The number of rotatable bonds is 6. The van der Waals surface area contributed by atoms with Crippen molar-refractivity contribution in [3.05, 3.63) is 28.8 Å². The fraction of sp³-hybridized carbons (Fsp3) is 0.562. The minimum atomic E-state index is -0.313. The third kappa shape index (κ3) is 4.57. The van der Waals surface area contributed by atoms with Crippen molar-refractivity contribution < 1.29 is 4.74 Å². The Morgan fingerprint density at radius 2 is 2.00 bits per heavy atom. The van der Waals surface area contributed by atoms with Crippen LogP contribution in [0.1, 0.15) is 30.5 Å². The first-order valence-corrected chi connectivity index (χ1v) is 6.65. The number of aryl methyl sites for hydroxylation is 2. The molecule has 0 heterocycles. The molecule has 0 aliphatic rings. The van der Waals surface area contributed by atoms with E-state index in [9.17, 15) is 0 Å². The molecule has 104 valence electrons. The van der Waals surface area contributed by atoms with Gasteiger partial charge in [-0.15, -0.1) is 0 Å². The van der Waals surface area contributed by atoms with E-state index in [0.717, 1.165) is 18.7 Å². The molecule has 0 spiro atoms. The standard InChI is InChI=1S/C16H24N2O/c1-12-8-13(2)14(15(9-12)19-5)6-7-18-11-16(3,4)10-17/h8-9,18H,6-7,11H2,1-5H3. The van der Waals surface area contributed by atoms with Gasteiger partial charge in [-0.3, -0.25) is 0 Å². The van der Waals surface area contributed by atoms with E-state index in [4.69, 9.17) is 10.00 Å². The van der Waals surface area contributed by atoms with Crippen LogP contribution in [0.5, 0.6) is 5.75 Å². The molecule has 0 amide bonds. The zero-order chi connectivity index (χ0) is 14.5. The molecule has 0 fully saturated rings. The second-order valence-electron chi connectivity index (χ2n) is 5.69. The highest BCUT2D eigenvalue weighted by atomic mass is 16.5. The Bertz CT molecular complexity index is 472. The van der Waals surface area contributed by atoms with Crippen molar-refractivity contribution in [1.82, 2.24) is 5.32 Å². The first-order valence-electron chi connectivity index (χ1n) is 6.65. The molecular weight excluding hydrogens is 236 g/mol. The molecule has 0 saturated carbocycles. The monoisotopic (exact) mass is 260 g/mol. The molecule has 0 radical (unpaired) electrons. The SMILES string of the molecule is COc1cc(C)cc(C)c1CCNCC(C)(C)C#N. The van der Waals surface area contributed by atoms with Gasteiger partial charge in [-0.2, -0.15) is 5.26 Å². The van der Waals surface area contributed by atoms with Gasteiger partial charge in [-0.05, 0) is 63.4 Å². The molecule has 0 bridgehead atoms. The van der Waals surface area contributed by atoms with Gasteiger partial charge in [-0.1, -0.05) is 6.07 Å². The number of methoxy groups -OCH3 is 1. The molecule has 0 aliphatic carbocycles. The van der Waals surface area contributed by atoms with Crippen LogP contribution in [0.4, 0.5) is 0 Å². The Kier molecular flexibility index (Phi) is 5.38. The van der Waals surface area contributed by atoms with Crippen molar-refractivity contribution in [2.24, 2.45) is 5.41 Å². The number of benzene rings is 1. The van der Waals surface area contributed by atoms with Crippen molar-refractivity contribution in [1.29, 1.82) is 5.26 Å². The quantitative estimate of drug-likeness (QED) is 0.800. The van der Waals surface area contributed by atoms with Gasteiger partial charge in [0.05, 0.1) is 18.6 Å². The van der Waals surface area contributed by atoms with Crippen LogP contribution in [0, 0.1) is 30.6 Å². The molecular formula is C16H24N2O. The molecule has 1 rings (SSSR count). The van der Waals surface area contributed by atoms with E-state index in [1.165, 1.54) is 16.7 Å². The smallest absolute Gasteiger partial charge is 0.122 e. The molecule has 0 atom stereocenters. The van der Waals surface area contributed by atoms with E-state index >= 15 is 0 Å². The summed E-state index contributed by atoms with van der Waals surface area (Å²) in [7, 11) is 1.71. The van der Waals surface area contributed by atoms with Crippen molar-refractivity contribution in [3.8, 4) is 11.8 Å². The Morgan fingerprint density at radius 1 is 1.32 bits per heavy atom. The number of hydrogen-bond donors (Lipinski definition) is 1. The summed E-state index contributed by atoms with van der Waals surface area (Å²) < 4.78 is 5.45. The molecule has 1 aromatic rings. The number of nitrogens with zero attached hydrogens (tertiary/aromatic N) is 1. The lowest BCUT2D eigenvalue weighted by Crippen LogP contribution is -2.29. The topological polar surface area (TPSA) is 45.0 Å². The minimum Gasteiger partial charge on any atom is -0.496 e. The summed E-state index contributed by atoms with van der Waals surface area (Å²) in [6, 6.07) is 6.54. The minimum absolute atomic E-state index is 0.313. The van der Waals surface area contributed by atoms with Crippen LogP contribution in [0.2, 0.25) is 0 Å². The normalized spacial score (nSPS) is 11.2.